The SMILES string of the molecule is CCCOc1ccc(OCC(=O)Nc2cccc(OCC(=O)Nc3ccccc3)c2)cc1. The van der Waals surface area contributed by atoms with E-state index in [0.29, 0.717) is 29.5 Å². The molecular formula is C25H26N2O5. The van der Waals surface area contributed by atoms with Crippen LogP contribution in [0.2, 0.25) is 0 Å². The molecule has 3 rings (SSSR count). The second kappa shape index (κ2) is 12.0. The largest absolute Gasteiger partial charge is 0.494 e. The van der Waals surface area contributed by atoms with E-state index in [1.54, 1.807) is 60.7 Å². The van der Waals surface area contributed by atoms with Gasteiger partial charge in [-0.25, -0.2) is 0 Å². The van der Waals surface area contributed by atoms with Crippen molar-refractivity contribution in [3.8, 4) is 17.2 Å². The molecule has 7 heteroatoms. The highest BCUT2D eigenvalue weighted by Crippen LogP contribution is 2.19. The van der Waals surface area contributed by atoms with Gasteiger partial charge in [0.2, 0.25) is 0 Å². The Hall–Kier alpha value is -4.00. The fraction of sp³-hybridized carbons (Fsp3) is 0.200. The van der Waals surface area contributed by atoms with Gasteiger partial charge in [-0.05, 0) is 55.0 Å². The van der Waals surface area contributed by atoms with E-state index in [0.717, 1.165) is 12.2 Å². The number of para-hydroxylation sites is 1. The topological polar surface area (TPSA) is 85.9 Å². The van der Waals surface area contributed by atoms with Crippen LogP contribution in [0.5, 0.6) is 17.2 Å². The molecule has 0 fully saturated rings. The van der Waals surface area contributed by atoms with E-state index >= 15 is 0 Å². The minimum Gasteiger partial charge on any atom is -0.494 e. The predicted octanol–water partition coefficient (Wildman–Crippen LogP) is 4.51. The first kappa shape index (κ1) is 22.7. The molecule has 3 aromatic carbocycles. The second-order valence-electron chi connectivity index (χ2n) is 6.89. The first-order valence-corrected chi connectivity index (χ1v) is 10.4. The number of hydrogen-bond donors (Lipinski definition) is 2. The van der Waals surface area contributed by atoms with Gasteiger partial charge in [-0.15, -0.1) is 0 Å². The fourth-order valence-electron chi connectivity index (χ4n) is 2.73. The first-order valence-electron chi connectivity index (χ1n) is 10.4. The number of rotatable bonds is 11. The van der Waals surface area contributed by atoms with Gasteiger partial charge in [-0.1, -0.05) is 31.2 Å². The highest BCUT2D eigenvalue weighted by Gasteiger charge is 2.07. The quantitative estimate of drug-likeness (QED) is 0.464. The van der Waals surface area contributed by atoms with Crippen molar-refractivity contribution in [1.29, 1.82) is 0 Å². The van der Waals surface area contributed by atoms with Gasteiger partial charge in [0.05, 0.1) is 6.61 Å². The molecule has 0 unspecified atom stereocenters. The predicted molar refractivity (Wildman–Crippen MR) is 123 cm³/mol. The zero-order chi connectivity index (χ0) is 22.6. The average molecular weight is 434 g/mol. The molecule has 0 aliphatic carbocycles. The van der Waals surface area contributed by atoms with Crippen LogP contribution in [0.1, 0.15) is 13.3 Å². The molecule has 0 aromatic heterocycles. The summed E-state index contributed by atoms with van der Waals surface area (Å²) in [5, 5.41) is 5.50. The van der Waals surface area contributed by atoms with E-state index in [1.165, 1.54) is 0 Å². The van der Waals surface area contributed by atoms with Gasteiger partial charge in [0, 0.05) is 17.4 Å². The van der Waals surface area contributed by atoms with E-state index < -0.39 is 0 Å². The summed E-state index contributed by atoms with van der Waals surface area (Å²) in [7, 11) is 0. The van der Waals surface area contributed by atoms with Gasteiger partial charge in [0.25, 0.3) is 11.8 Å². The average Bonchev–Trinajstić information content (AvgIpc) is 2.82. The number of amides is 2. The zero-order valence-corrected chi connectivity index (χ0v) is 17.9. The zero-order valence-electron chi connectivity index (χ0n) is 17.9. The monoisotopic (exact) mass is 434 g/mol. The molecule has 3 aromatic rings. The molecule has 0 heterocycles. The van der Waals surface area contributed by atoms with Crippen molar-refractivity contribution in [2.75, 3.05) is 30.5 Å². The van der Waals surface area contributed by atoms with Crippen molar-refractivity contribution >= 4 is 23.2 Å². The van der Waals surface area contributed by atoms with Gasteiger partial charge in [-0.3, -0.25) is 9.59 Å². The summed E-state index contributed by atoms with van der Waals surface area (Å²) >= 11 is 0. The van der Waals surface area contributed by atoms with Crippen LogP contribution < -0.4 is 24.8 Å². The van der Waals surface area contributed by atoms with Gasteiger partial charge in [-0.2, -0.15) is 0 Å². The number of hydrogen-bond acceptors (Lipinski definition) is 5. The highest BCUT2D eigenvalue weighted by atomic mass is 16.5. The molecule has 0 bridgehead atoms. The third-order valence-electron chi connectivity index (χ3n) is 4.21. The molecule has 7 nitrogen and oxygen atoms in total. The third kappa shape index (κ3) is 7.68. The molecule has 32 heavy (non-hydrogen) atoms. The fourth-order valence-corrected chi connectivity index (χ4v) is 2.73. The Morgan fingerprint density at radius 3 is 1.88 bits per heavy atom. The standard InChI is InChI=1S/C25H26N2O5/c1-2-15-30-21-11-13-22(14-12-21)31-17-25(29)27-20-9-6-10-23(16-20)32-18-24(28)26-19-7-4-3-5-8-19/h3-14,16H,2,15,17-18H2,1H3,(H,26,28)(H,27,29). The molecule has 0 atom stereocenters. The Bertz CT molecular complexity index is 1010. The Kier molecular flexibility index (Phi) is 8.50. The van der Waals surface area contributed by atoms with E-state index in [-0.39, 0.29) is 25.0 Å². The van der Waals surface area contributed by atoms with E-state index in [2.05, 4.69) is 10.6 Å². The summed E-state index contributed by atoms with van der Waals surface area (Å²) < 4.78 is 16.6. The Balaban J connectivity index is 1.43. The van der Waals surface area contributed by atoms with Crippen LogP contribution in [-0.4, -0.2) is 31.6 Å². The Labute approximate surface area is 187 Å². The molecule has 0 spiro atoms. The summed E-state index contributed by atoms with van der Waals surface area (Å²) in [6.07, 6.45) is 0.936. The first-order chi connectivity index (χ1) is 15.6. The Morgan fingerprint density at radius 2 is 1.22 bits per heavy atom. The minimum absolute atomic E-state index is 0.139. The van der Waals surface area contributed by atoms with Crippen LogP contribution in [0.3, 0.4) is 0 Å². The molecule has 166 valence electrons. The summed E-state index contributed by atoms with van der Waals surface area (Å²) in [5.74, 6) is 1.22. The van der Waals surface area contributed by atoms with Crippen LogP contribution in [0.4, 0.5) is 11.4 Å². The smallest absolute Gasteiger partial charge is 0.262 e. The van der Waals surface area contributed by atoms with E-state index in [1.807, 2.05) is 25.1 Å². The van der Waals surface area contributed by atoms with Crippen LogP contribution >= 0.6 is 0 Å². The number of anilines is 2. The number of carbonyl (C=O) groups excluding carboxylic acids is 2. The number of benzene rings is 3. The van der Waals surface area contributed by atoms with Gasteiger partial charge < -0.3 is 24.8 Å². The van der Waals surface area contributed by atoms with Gasteiger partial charge in [0.15, 0.2) is 13.2 Å². The summed E-state index contributed by atoms with van der Waals surface area (Å²) in [6.45, 7) is 2.41. The molecule has 0 radical (unpaired) electrons. The van der Waals surface area contributed by atoms with Crippen molar-refractivity contribution in [2.24, 2.45) is 0 Å². The van der Waals surface area contributed by atoms with Crippen LogP contribution in [-0.2, 0) is 9.59 Å². The van der Waals surface area contributed by atoms with Gasteiger partial charge in [0.1, 0.15) is 17.2 Å². The Morgan fingerprint density at radius 1 is 0.656 bits per heavy atom. The lowest BCUT2D eigenvalue weighted by Crippen LogP contribution is -2.21. The third-order valence-corrected chi connectivity index (χ3v) is 4.21. The lowest BCUT2D eigenvalue weighted by Gasteiger charge is -2.11. The van der Waals surface area contributed by atoms with Crippen LogP contribution in [0.15, 0.2) is 78.9 Å². The summed E-state index contributed by atoms with van der Waals surface area (Å²) in [4.78, 5) is 24.2. The number of nitrogens with one attached hydrogen (secondary N) is 2. The maximum absolute atomic E-state index is 12.2. The summed E-state index contributed by atoms with van der Waals surface area (Å²) in [6, 6.07) is 23.1. The normalized spacial score (nSPS) is 10.2. The van der Waals surface area contributed by atoms with Crippen LogP contribution in [0, 0.1) is 0 Å². The molecule has 2 amide bonds. The van der Waals surface area contributed by atoms with Crippen molar-refractivity contribution in [3.05, 3.63) is 78.9 Å². The summed E-state index contributed by atoms with van der Waals surface area (Å²) in [5.41, 5.74) is 1.24. The minimum atomic E-state index is -0.310. The lowest BCUT2D eigenvalue weighted by molar-refractivity contribution is -0.118. The molecule has 0 saturated carbocycles. The maximum Gasteiger partial charge on any atom is 0.262 e. The van der Waals surface area contributed by atoms with Crippen molar-refractivity contribution in [3.63, 3.8) is 0 Å². The molecule has 0 aliphatic heterocycles. The molecule has 0 aliphatic rings. The molecule has 2 N–H and O–H groups in total. The molecular weight excluding hydrogens is 408 g/mol. The number of ether oxygens (including phenoxy) is 3. The van der Waals surface area contributed by atoms with Crippen molar-refractivity contribution in [1.82, 2.24) is 0 Å². The van der Waals surface area contributed by atoms with Crippen molar-refractivity contribution < 1.29 is 23.8 Å². The van der Waals surface area contributed by atoms with Crippen molar-refractivity contribution in [2.45, 2.75) is 13.3 Å². The number of carbonyl (C=O) groups is 2. The van der Waals surface area contributed by atoms with Crippen LogP contribution in [0.25, 0.3) is 0 Å². The lowest BCUT2D eigenvalue weighted by atomic mass is 10.3. The highest BCUT2D eigenvalue weighted by molar-refractivity contribution is 5.92. The second-order valence-corrected chi connectivity index (χ2v) is 6.89. The van der Waals surface area contributed by atoms with E-state index in [4.69, 9.17) is 14.2 Å². The molecule has 0 saturated heterocycles. The van der Waals surface area contributed by atoms with E-state index in [9.17, 15) is 9.59 Å². The van der Waals surface area contributed by atoms with Gasteiger partial charge >= 0.3 is 0 Å². The maximum atomic E-state index is 12.2.